The zero-order valence-electron chi connectivity index (χ0n) is 14.5. The number of carbonyl (C=O) groups is 1. The van der Waals surface area contributed by atoms with E-state index in [1.54, 1.807) is 31.3 Å². The van der Waals surface area contributed by atoms with E-state index in [0.29, 0.717) is 22.3 Å². The Morgan fingerprint density at radius 1 is 1.14 bits per heavy atom. The summed E-state index contributed by atoms with van der Waals surface area (Å²) in [7, 11) is 0. The molecule has 0 atom stereocenters. The monoisotopic (exact) mass is 447 g/mol. The van der Waals surface area contributed by atoms with Crippen LogP contribution in [0, 0.1) is 6.92 Å². The largest absolute Gasteiger partial charge is 0.306 e. The number of carbonyl (C=O) groups excluding carboxylic acids is 1. The second-order valence-electron chi connectivity index (χ2n) is 5.99. The molecular weight excluding hydrogens is 435 g/mol. The minimum atomic E-state index is -2.70. The Morgan fingerprint density at radius 3 is 2.54 bits per heavy atom. The van der Waals surface area contributed by atoms with Gasteiger partial charge in [0.05, 0.1) is 16.6 Å². The van der Waals surface area contributed by atoms with Crippen LogP contribution in [0.1, 0.15) is 23.4 Å². The second kappa shape index (κ2) is 8.46. The smallest absolute Gasteiger partial charge is 0.282 e. The highest BCUT2D eigenvalue weighted by Crippen LogP contribution is 2.24. The lowest BCUT2D eigenvalue weighted by atomic mass is 10.2. The minimum Gasteiger partial charge on any atom is -0.306 e. The van der Waals surface area contributed by atoms with Crippen LogP contribution in [0.3, 0.4) is 0 Å². The van der Waals surface area contributed by atoms with Crippen molar-refractivity contribution in [2.24, 2.45) is 0 Å². The highest BCUT2D eigenvalue weighted by Gasteiger charge is 2.16. The normalized spacial score (nSPS) is 11.2. The Bertz CT molecular complexity index is 1020. The molecule has 6 nitrogen and oxygen atoms in total. The van der Waals surface area contributed by atoms with Crippen molar-refractivity contribution >= 4 is 46.5 Å². The van der Waals surface area contributed by atoms with Crippen LogP contribution in [-0.4, -0.2) is 25.5 Å². The van der Waals surface area contributed by atoms with Crippen molar-refractivity contribution in [2.45, 2.75) is 26.4 Å². The summed E-state index contributed by atoms with van der Waals surface area (Å²) in [5, 5.41) is 11.6. The third-order valence-corrected chi connectivity index (χ3v) is 4.84. The van der Waals surface area contributed by atoms with Gasteiger partial charge in [-0.25, -0.2) is 8.78 Å². The Balaban J connectivity index is 1.67. The fourth-order valence-electron chi connectivity index (χ4n) is 2.50. The molecule has 0 saturated heterocycles. The number of hydrogen-bond donors (Lipinski definition) is 1. The molecule has 2 heterocycles. The van der Waals surface area contributed by atoms with Crippen LogP contribution in [0.25, 0.3) is 0 Å². The number of nitrogens with zero attached hydrogens (tertiary/aromatic N) is 4. The van der Waals surface area contributed by atoms with E-state index in [0.717, 1.165) is 5.56 Å². The van der Waals surface area contributed by atoms with Gasteiger partial charge >= 0.3 is 0 Å². The first-order valence-electron chi connectivity index (χ1n) is 8.02. The van der Waals surface area contributed by atoms with Crippen LogP contribution in [0.15, 0.2) is 30.5 Å². The number of alkyl halides is 2. The molecule has 3 rings (SSSR count). The molecule has 2 aromatic heterocycles. The summed E-state index contributed by atoms with van der Waals surface area (Å²) in [4.78, 5) is 12.2. The van der Waals surface area contributed by atoms with Gasteiger partial charge in [-0.15, -0.1) is 0 Å². The molecule has 0 unspecified atom stereocenters. The van der Waals surface area contributed by atoms with Gasteiger partial charge in [0.1, 0.15) is 17.3 Å². The topological polar surface area (TPSA) is 64.7 Å². The third-order valence-electron chi connectivity index (χ3n) is 3.82. The molecular formula is C17H14Cl3F2N5O. The standard InChI is InChI=1S/C17H14Cl3F2N5O/c1-9-4-14(16(21)22)24-27(9)8-15(28)23-17-13(20)7-26(25-17)6-10-2-3-11(18)12(19)5-10/h2-5,7,16H,6,8H2,1H3,(H,23,25,28). The van der Waals surface area contributed by atoms with Crippen molar-refractivity contribution in [3.63, 3.8) is 0 Å². The molecule has 0 spiro atoms. The van der Waals surface area contributed by atoms with E-state index in [2.05, 4.69) is 15.5 Å². The molecule has 3 aromatic rings. The quantitative estimate of drug-likeness (QED) is 0.579. The highest BCUT2D eigenvalue weighted by atomic mass is 35.5. The van der Waals surface area contributed by atoms with Gasteiger partial charge in [-0.05, 0) is 30.7 Å². The summed E-state index contributed by atoms with van der Waals surface area (Å²) in [5.41, 5.74) is 0.911. The number of halogens is 5. The zero-order chi connectivity index (χ0) is 20.4. The molecule has 1 N–H and O–H groups in total. The first-order valence-corrected chi connectivity index (χ1v) is 9.15. The first kappa shape index (κ1) is 20.6. The van der Waals surface area contributed by atoms with Crippen molar-refractivity contribution in [3.8, 4) is 0 Å². The number of amides is 1. The summed E-state index contributed by atoms with van der Waals surface area (Å²) in [6, 6.07) is 6.41. The Kier molecular flexibility index (Phi) is 6.22. The van der Waals surface area contributed by atoms with Crippen LogP contribution >= 0.6 is 34.8 Å². The fraction of sp³-hybridized carbons (Fsp3) is 0.235. The molecule has 0 aliphatic carbocycles. The highest BCUT2D eigenvalue weighted by molar-refractivity contribution is 6.42. The van der Waals surface area contributed by atoms with Crippen LogP contribution in [0.5, 0.6) is 0 Å². The average Bonchev–Trinajstić information content (AvgIpc) is 3.14. The number of anilines is 1. The van der Waals surface area contributed by atoms with Gasteiger partial charge in [-0.2, -0.15) is 10.2 Å². The minimum absolute atomic E-state index is 0.158. The Hall–Kier alpha value is -2.16. The van der Waals surface area contributed by atoms with Crippen LogP contribution in [0.4, 0.5) is 14.6 Å². The average molecular weight is 449 g/mol. The summed E-state index contributed by atoms with van der Waals surface area (Å²) in [6.07, 6.45) is -1.15. The molecule has 0 bridgehead atoms. The Labute approximate surface area is 174 Å². The van der Waals surface area contributed by atoms with Gasteiger partial charge in [0.2, 0.25) is 5.91 Å². The predicted octanol–water partition coefficient (Wildman–Crippen LogP) is 4.97. The number of nitrogens with one attached hydrogen (secondary N) is 1. The fourth-order valence-corrected chi connectivity index (χ4v) is 3.02. The van der Waals surface area contributed by atoms with Crippen molar-refractivity contribution in [1.82, 2.24) is 19.6 Å². The summed E-state index contributed by atoms with van der Waals surface area (Å²) < 4.78 is 28.1. The van der Waals surface area contributed by atoms with Crippen molar-refractivity contribution < 1.29 is 13.6 Å². The third kappa shape index (κ3) is 4.81. The van der Waals surface area contributed by atoms with E-state index in [4.69, 9.17) is 34.8 Å². The van der Waals surface area contributed by atoms with Crippen LogP contribution in [0.2, 0.25) is 15.1 Å². The molecule has 0 fully saturated rings. The molecule has 0 saturated carbocycles. The summed E-state index contributed by atoms with van der Waals surface area (Å²) in [6.45, 7) is 1.71. The second-order valence-corrected chi connectivity index (χ2v) is 7.21. The van der Waals surface area contributed by atoms with Gasteiger partial charge in [0, 0.05) is 11.9 Å². The molecule has 11 heteroatoms. The van der Waals surface area contributed by atoms with Gasteiger partial charge in [-0.3, -0.25) is 14.2 Å². The SMILES string of the molecule is Cc1cc(C(F)F)nn1CC(=O)Nc1nn(Cc2ccc(Cl)c(Cl)c2)cc1Cl. The van der Waals surface area contributed by atoms with Gasteiger partial charge in [0.25, 0.3) is 6.43 Å². The van der Waals surface area contributed by atoms with Crippen LogP contribution in [-0.2, 0) is 17.9 Å². The molecule has 1 amide bonds. The van der Waals surface area contributed by atoms with Crippen molar-refractivity contribution in [2.75, 3.05) is 5.32 Å². The molecule has 0 aliphatic rings. The van der Waals surface area contributed by atoms with Gasteiger partial charge in [0.15, 0.2) is 5.82 Å². The number of rotatable bonds is 6. The molecule has 0 aliphatic heterocycles. The molecule has 0 radical (unpaired) electrons. The number of aromatic nitrogens is 4. The number of aryl methyl sites for hydroxylation is 1. The first-order chi connectivity index (χ1) is 13.2. The van der Waals surface area contributed by atoms with E-state index in [1.165, 1.54) is 15.4 Å². The van der Waals surface area contributed by atoms with Crippen LogP contribution < -0.4 is 5.32 Å². The van der Waals surface area contributed by atoms with Gasteiger partial charge < -0.3 is 5.32 Å². The number of benzene rings is 1. The molecule has 1 aromatic carbocycles. The van der Waals surface area contributed by atoms with E-state index < -0.39 is 12.3 Å². The van der Waals surface area contributed by atoms with E-state index in [9.17, 15) is 13.6 Å². The molecule has 148 valence electrons. The van der Waals surface area contributed by atoms with Gasteiger partial charge in [-0.1, -0.05) is 40.9 Å². The van der Waals surface area contributed by atoms with Crippen molar-refractivity contribution in [1.29, 1.82) is 0 Å². The van der Waals surface area contributed by atoms with E-state index >= 15 is 0 Å². The molecule has 28 heavy (non-hydrogen) atoms. The lowest BCUT2D eigenvalue weighted by Gasteiger charge is -2.05. The van der Waals surface area contributed by atoms with E-state index in [-0.39, 0.29) is 23.1 Å². The van der Waals surface area contributed by atoms with E-state index in [1.807, 2.05) is 0 Å². The lowest BCUT2D eigenvalue weighted by molar-refractivity contribution is -0.117. The lowest BCUT2D eigenvalue weighted by Crippen LogP contribution is -2.21. The maximum Gasteiger partial charge on any atom is 0.282 e. The van der Waals surface area contributed by atoms with Crippen molar-refractivity contribution in [3.05, 3.63) is 62.5 Å². The maximum atomic E-state index is 12.7. The maximum absolute atomic E-state index is 12.7. The predicted molar refractivity (Wildman–Crippen MR) is 103 cm³/mol. The number of hydrogen-bond acceptors (Lipinski definition) is 3. The zero-order valence-corrected chi connectivity index (χ0v) is 16.7. The summed E-state index contributed by atoms with van der Waals surface area (Å²) >= 11 is 18.0. The Morgan fingerprint density at radius 2 is 1.89 bits per heavy atom. The summed E-state index contributed by atoms with van der Waals surface area (Å²) in [5.74, 6) is -0.334.